The maximum Gasteiger partial charge on any atom is 0.221 e. The first kappa shape index (κ1) is 17.0. The molecule has 0 atom stereocenters. The average molecular weight is 327 g/mol. The van der Waals surface area contributed by atoms with Crippen LogP contribution < -0.4 is 16.0 Å². The van der Waals surface area contributed by atoms with E-state index < -0.39 is 0 Å². The van der Waals surface area contributed by atoms with Gasteiger partial charge < -0.3 is 16.0 Å². The number of nitrogens with one attached hydrogen (secondary N) is 3. The van der Waals surface area contributed by atoms with Crippen LogP contribution in [-0.4, -0.2) is 17.6 Å². The third kappa shape index (κ3) is 6.48. The van der Waals surface area contributed by atoms with Crippen LogP contribution in [0.4, 0.5) is 11.4 Å². The fourth-order valence-corrected chi connectivity index (χ4v) is 2.37. The van der Waals surface area contributed by atoms with Crippen LogP contribution in [0.2, 0.25) is 0 Å². The second kappa shape index (κ2) is 8.90. The molecular formula is C18H21N3OS. The molecule has 0 saturated heterocycles. The van der Waals surface area contributed by atoms with Gasteiger partial charge in [-0.15, -0.1) is 0 Å². The van der Waals surface area contributed by atoms with Crippen LogP contribution in [-0.2, 0) is 11.2 Å². The molecule has 0 aliphatic heterocycles. The van der Waals surface area contributed by atoms with Gasteiger partial charge in [0.25, 0.3) is 0 Å². The van der Waals surface area contributed by atoms with Gasteiger partial charge in [-0.25, -0.2) is 0 Å². The van der Waals surface area contributed by atoms with Gasteiger partial charge in [0.15, 0.2) is 5.11 Å². The number of hydrogen-bond donors (Lipinski definition) is 3. The molecule has 0 aliphatic carbocycles. The van der Waals surface area contributed by atoms with Crippen LogP contribution in [0.15, 0.2) is 54.6 Å². The Bertz CT molecular complexity index is 641. The average Bonchev–Trinajstić information content (AvgIpc) is 2.54. The lowest BCUT2D eigenvalue weighted by Crippen LogP contribution is -2.29. The van der Waals surface area contributed by atoms with E-state index in [4.69, 9.17) is 12.2 Å². The molecule has 5 heteroatoms. The van der Waals surface area contributed by atoms with Crippen molar-refractivity contribution >= 4 is 34.6 Å². The number of rotatable bonds is 6. The topological polar surface area (TPSA) is 53.2 Å². The van der Waals surface area contributed by atoms with E-state index in [2.05, 4.69) is 40.2 Å². The normalized spacial score (nSPS) is 9.96. The van der Waals surface area contributed by atoms with Crippen molar-refractivity contribution in [3.63, 3.8) is 0 Å². The Balaban J connectivity index is 1.69. The summed E-state index contributed by atoms with van der Waals surface area (Å²) in [5, 5.41) is 9.66. The fourth-order valence-electron chi connectivity index (χ4n) is 2.15. The summed E-state index contributed by atoms with van der Waals surface area (Å²) < 4.78 is 0. The predicted molar refractivity (Wildman–Crippen MR) is 99.7 cm³/mol. The van der Waals surface area contributed by atoms with E-state index in [9.17, 15) is 4.79 Å². The highest BCUT2D eigenvalue weighted by Crippen LogP contribution is 2.13. The number of anilines is 2. The van der Waals surface area contributed by atoms with Crippen LogP contribution in [0, 0.1) is 0 Å². The molecule has 2 aromatic rings. The van der Waals surface area contributed by atoms with Crippen LogP contribution in [0.25, 0.3) is 0 Å². The lowest BCUT2D eigenvalue weighted by Gasteiger charge is -2.11. The summed E-state index contributed by atoms with van der Waals surface area (Å²) >= 11 is 5.28. The molecule has 2 aromatic carbocycles. The van der Waals surface area contributed by atoms with Gasteiger partial charge >= 0.3 is 0 Å². The van der Waals surface area contributed by atoms with Crippen LogP contribution in [0.1, 0.15) is 18.9 Å². The second-order valence-electron chi connectivity index (χ2n) is 5.23. The summed E-state index contributed by atoms with van der Waals surface area (Å²) in [4.78, 5) is 11.0. The minimum atomic E-state index is -0.0821. The molecule has 0 aliphatic rings. The highest BCUT2D eigenvalue weighted by molar-refractivity contribution is 7.80. The molecule has 2 rings (SSSR count). The first-order valence-electron chi connectivity index (χ1n) is 7.60. The van der Waals surface area contributed by atoms with Gasteiger partial charge in [-0.2, -0.15) is 0 Å². The third-order valence-corrected chi connectivity index (χ3v) is 3.48. The molecular weight excluding hydrogens is 306 g/mol. The van der Waals surface area contributed by atoms with Crippen molar-refractivity contribution in [3.8, 4) is 0 Å². The number of hydrogen-bond acceptors (Lipinski definition) is 2. The summed E-state index contributed by atoms with van der Waals surface area (Å²) in [6.45, 7) is 2.31. The van der Waals surface area contributed by atoms with Crippen molar-refractivity contribution in [2.45, 2.75) is 19.8 Å². The Kier molecular flexibility index (Phi) is 6.56. The van der Waals surface area contributed by atoms with Crippen LogP contribution in [0.5, 0.6) is 0 Å². The summed E-state index contributed by atoms with van der Waals surface area (Å²) in [5.41, 5.74) is 2.99. The van der Waals surface area contributed by atoms with Gasteiger partial charge in [-0.05, 0) is 54.9 Å². The zero-order valence-electron chi connectivity index (χ0n) is 13.1. The first-order valence-corrected chi connectivity index (χ1v) is 8.01. The van der Waals surface area contributed by atoms with E-state index in [1.165, 1.54) is 12.5 Å². The van der Waals surface area contributed by atoms with Gasteiger partial charge in [0, 0.05) is 24.8 Å². The Labute approximate surface area is 142 Å². The lowest BCUT2D eigenvalue weighted by molar-refractivity contribution is -0.114. The fraction of sp³-hybridized carbons (Fsp3) is 0.222. The Morgan fingerprint density at radius 1 is 0.957 bits per heavy atom. The molecule has 0 unspecified atom stereocenters. The number of benzene rings is 2. The van der Waals surface area contributed by atoms with E-state index in [0.717, 1.165) is 30.8 Å². The Hall–Kier alpha value is -2.40. The minimum Gasteiger partial charge on any atom is -0.362 e. The summed E-state index contributed by atoms with van der Waals surface area (Å²) in [7, 11) is 0. The van der Waals surface area contributed by atoms with Crippen molar-refractivity contribution in [1.29, 1.82) is 0 Å². The number of thiocarbonyl (C=S) groups is 1. The molecule has 4 nitrogen and oxygen atoms in total. The highest BCUT2D eigenvalue weighted by atomic mass is 32.1. The standard InChI is InChI=1S/C18H21N3OS/c1-14(22)20-16-9-11-17(12-10-16)21-18(23)19-13-5-8-15-6-3-2-4-7-15/h2-4,6-7,9-12H,5,8,13H2,1H3,(H,20,22)(H2,19,21,23). The molecule has 0 heterocycles. The largest absolute Gasteiger partial charge is 0.362 e. The van der Waals surface area contributed by atoms with E-state index in [0.29, 0.717) is 5.11 Å². The quantitative estimate of drug-likeness (QED) is 0.561. The first-order chi connectivity index (χ1) is 11.1. The minimum absolute atomic E-state index is 0.0821. The smallest absolute Gasteiger partial charge is 0.221 e. The van der Waals surface area contributed by atoms with Crippen LogP contribution >= 0.6 is 12.2 Å². The molecule has 23 heavy (non-hydrogen) atoms. The maximum absolute atomic E-state index is 11.0. The molecule has 0 aromatic heterocycles. The van der Waals surface area contributed by atoms with Gasteiger partial charge in [-0.1, -0.05) is 30.3 Å². The SMILES string of the molecule is CC(=O)Nc1ccc(NC(=S)NCCCc2ccccc2)cc1. The van der Waals surface area contributed by atoms with Crippen molar-refractivity contribution < 1.29 is 4.79 Å². The van der Waals surface area contributed by atoms with Gasteiger partial charge in [0.05, 0.1) is 0 Å². The molecule has 0 bridgehead atoms. The summed E-state index contributed by atoms with van der Waals surface area (Å²) in [6, 6.07) is 17.8. The summed E-state index contributed by atoms with van der Waals surface area (Å²) in [6.07, 6.45) is 2.05. The Morgan fingerprint density at radius 3 is 2.17 bits per heavy atom. The van der Waals surface area contributed by atoms with E-state index in [1.807, 2.05) is 30.3 Å². The lowest BCUT2D eigenvalue weighted by atomic mass is 10.1. The predicted octanol–water partition coefficient (Wildman–Crippen LogP) is 3.56. The zero-order valence-corrected chi connectivity index (χ0v) is 14.0. The molecule has 1 amide bonds. The van der Waals surface area contributed by atoms with Gasteiger partial charge in [-0.3, -0.25) is 4.79 Å². The van der Waals surface area contributed by atoms with Crippen molar-refractivity contribution in [2.75, 3.05) is 17.2 Å². The van der Waals surface area contributed by atoms with E-state index in [1.54, 1.807) is 0 Å². The van der Waals surface area contributed by atoms with Gasteiger partial charge in [0.2, 0.25) is 5.91 Å². The number of carbonyl (C=O) groups excluding carboxylic acids is 1. The van der Waals surface area contributed by atoms with E-state index >= 15 is 0 Å². The molecule has 0 spiro atoms. The number of amides is 1. The van der Waals surface area contributed by atoms with Crippen molar-refractivity contribution in [1.82, 2.24) is 5.32 Å². The molecule has 0 saturated carbocycles. The van der Waals surface area contributed by atoms with E-state index in [-0.39, 0.29) is 5.91 Å². The second-order valence-corrected chi connectivity index (χ2v) is 5.64. The number of aryl methyl sites for hydroxylation is 1. The van der Waals surface area contributed by atoms with Crippen molar-refractivity contribution in [2.24, 2.45) is 0 Å². The third-order valence-electron chi connectivity index (χ3n) is 3.23. The highest BCUT2D eigenvalue weighted by Gasteiger charge is 1.99. The zero-order chi connectivity index (χ0) is 16.5. The molecule has 0 fully saturated rings. The van der Waals surface area contributed by atoms with Crippen LogP contribution in [0.3, 0.4) is 0 Å². The molecule has 0 radical (unpaired) electrons. The summed E-state index contributed by atoms with van der Waals surface area (Å²) in [5.74, 6) is -0.0821. The monoisotopic (exact) mass is 327 g/mol. The van der Waals surface area contributed by atoms with Gasteiger partial charge in [0.1, 0.15) is 0 Å². The number of carbonyl (C=O) groups is 1. The van der Waals surface area contributed by atoms with Crippen molar-refractivity contribution in [3.05, 3.63) is 60.2 Å². The molecule has 120 valence electrons. The maximum atomic E-state index is 11.0. The Morgan fingerprint density at radius 2 is 1.57 bits per heavy atom. The molecule has 3 N–H and O–H groups in total.